The van der Waals surface area contributed by atoms with Gasteiger partial charge in [-0.15, -0.1) is 0 Å². The van der Waals surface area contributed by atoms with Crippen LogP contribution < -0.4 is 10.9 Å². The fourth-order valence-corrected chi connectivity index (χ4v) is 2.77. The number of aromatic nitrogens is 2. The molecule has 0 amide bonds. The molecule has 0 saturated heterocycles. The molecular weight excluding hydrogens is 294 g/mol. The molecule has 0 aromatic carbocycles. The number of hydrogen-bond donors (Lipinski definition) is 2. The fourth-order valence-electron chi connectivity index (χ4n) is 1.58. The predicted molar refractivity (Wildman–Crippen MR) is 73.4 cm³/mol. The molecule has 1 atom stereocenters. The van der Waals surface area contributed by atoms with Gasteiger partial charge in [-0.25, -0.2) is 13.1 Å². The number of nitrogens with zero attached hydrogens (tertiary/aromatic N) is 2. The molecular formula is C10H16ClN3O4S. The van der Waals surface area contributed by atoms with E-state index in [1.54, 1.807) is 6.92 Å². The Labute approximate surface area is 116 Å². The highest BCUT2D eigenvalue weighted by molar-refractivity contribution is 7.90. The molecule has 1 aromatic heterocycles. The topological polar surface area (TPSA) is 101 Å². The van der Waals surface area contributed by atoms with Gasteiger partial charge < -0.3 is 10.4 Å². The van der Waals surface area contributed by atoms with E-state index in [0.29, 0.717) is 0 Å². The highest BCUT2D eigenvalue weighted by Gasteiger charge is 2.14. The van der Waals surface area contributed by atoms with E-state index >= 15 is 0 Å². The predicted octanol–water partition coefficient (Wildman–Crippen LogP) is -0.266. The summed E-state index contributed by atoms with van der Waals surface area (Å²) in [5, 5.41) is 15.3. The van der Waals surface area contributed by atoms with Crippen LogP contribution >= 0.6 is 11.6 Å². The van der Waals surface area contributed by atoms with Gasteiger partial charge in [-0.3, -0.25) is 4.79 Å². The first-order valence-corrected chi connectivity index (χ1v) is 7.99. The zero-order valence-electron chi connectivity index (χ0n) is 10.6. The van der Waals surface area contributed by atoms with E-state index in [-0.39, 0.29) is 29.6 Å². The largest absolute Gasteiger partial charge is 0.394 e. The molecule has 9 heteroatoms. The molecule has 1 rings (SSSR count). The lowest BCUT2D eigenvalue weighted by Crippen LogP contribution is -2.29. The third-order valence-electron chi connectivity index (χ3n) is 2.25. The third-order valence-corrected chi connectivity index (χ3v) is 3.72. The lowest BCUT2D eigenvalue weighted by atomic mass is 10.3. The Hall–Kier alpha value is -1.12. The number of halogens is 1. The molecule has 0 fully saturated rings. The van der Waals surface area contributed by atoms with Crippen LogP contribution in [0.3, 0.4) is 0 Å². The van der Waals surface area contributed by atoms with Gasteiger partial charge in [0.2, 0.25) is 0 Å². The minimum absolute atomic E-state index is 0.0533. The fraction of sp³-hybridized carbons (Fsp3) is 0.600. The molecule has 2 N–H and O–H groups in total. The van der Waals surface area contributed by atoms with Crippen LogP contribution in [0.5, 0.6) is 0 Å². The van der Waals surface area contributed by atoms with Gasteiger partial charge in [-0.1, -0.05) is 11.6 Å². The second kappa shape index (κ2) is 6.36. The summed E-state index contributed by atoms with van der Waals surface area (Å²) in [6.07, 6.45) is 2.46. The molecule has 1 unspecified atom stereocenters. The molecule has 19 heavy (non-hydrogen) atoms. The summed E-state index contributed by atoms with van der Waals surface area (Å²) in [5.74, 6) is -0.0803. The van der Waals surface area contributed by atoms with Crippen LogP contribution in [-0.4, -0.2) is 48.0 Å². The minimum Gasteiger partial charge on any atom is -0.394 e. The molecule has 1 aromatic rings. The highest BCUT2D eigenvalue weighted by Crippen LogP contribution is 2.16. The lowest BCUT2D eigenvalue weighted by Gasteiger charge is -2.15. The van der Waals surface area contributed by atoms with Crippen molar-refractivity contribution in [3.8, 4) is 0 Å². The normalized spacial score (nSPS) is 13.3. The average Bonchev–Trinajstić information content (AvgIpc) is 2.26. The Morgan fingerprint density at radius 2 is 2.21 bits per heavy atom. The Morgan fingerprint density at radius 3 is 2.74 bits per heavy atom. The van der Waals surface area contributed by atoms with Crippen molar-refractivity contribution in [2.75, 3.05) is 23.9 Å². The van der Waals surface area contributed by atoms with Gasteiger partial charge in [0.05, 0.1) is 30.8 Å². The number of rotatable bonds is 6. The lowest BCUT2D eigenvalue weighted by molar-refractivity contribution is 0.266. The molecule has 0 radical (unpaired) electrons. The van der Waals surface area contributed by atoms with Crippen molar-refractivity contribution in [2.24, 2.45) is 0 Å². The Morgan fingerprint density at radius 1 is 1.58 bits per heavy atom. The number of hydrogen-bond acceptors (Lipinski definition) is 6. The summed E-state index contributed by atoms with van der Waals surface area (Å²) in [6, 6.07) is -0.401. The number of anilines is 1. The van der Waals surface area contributed by atoms with Gasteiger partial charge in [-0.05, 0) is 6.92 Å². The molecule has 0 spiro atoms. The van der Waals surface area contributed by atoms with E-state index in [1.807, 2.05) is 0 Å². The first kappa shape index (κ1) is 15.9. The zero-order valence-corrected chi connectivity index (χ0v) is 12.2. The number of aliphatic hydroxyl groups excluding tert-OH is 1. The number of aliphatic hydroxyl groups is 1. The van der Waals surface area contributed by atoms with Gasteiger partial charge in [0.1, 0.15) is 14.9 Å². The quantitative estimate of drug-likeness (QED) is 0.750. The van der Waals surface area contributed by atoms with Gasteiger partial charge in [0.25, 0.3) is 5.56 Å². The van der Waals surface area contributed by atoms with Gasteiger partial charge in [0, 0.05) is 12.3 Å². The summed E-state index contributed by atoms with van der Waals surface area (Å²) in [7, 11) is -3.13. The molecule has 7 nitrogen and oxygen atoms in total. The first-order chi connectivity index (χ1) is 8.74. The van der Waals surface area contributed by atoms with Gasteiger partial charge >= 0.3 is 0 Å². The molecule has 0 aliphatic heterocycles. The van der Waals surface area contributed by atoms with Crippen molar-refractivity contribution in [1.82, 2.24) is 9.78 Å². The van der Waals surface area contributed by atoms with Crippen LogP contribution in [0.1, 0.15) is 6.92 Å². The van der Waals surface area contributed by atoms with Crippen LogP contribution in [-0.2, 0) is 16.4 Å². The molecule has 0 aliphatic rings. The monoisotopic (exact) mass is 309 g/mol. The summed E-state index contributed by atoms with van der Waals surface area (Å²) in [5.41, 5.74) is -0.260. The maximum atomic E-state index is 11.7. The molecule has 1 heterocycles. The third kappa shape index (κ3) is 4.81. The van der Waals surface area contributed by atoms with Crippen LogP contribution in [0.25, 0.3) is 0 Å². The zero-order chi connectivity index (χ0) is 14.6. The van der Waals surface area contributed by atoms with E-state index in [9.17, 15) is 13.2 Å². The molecule has 0 bridgehead atoms. The van der Waals surface area contributed by atoms with Crippen molar-refractivity contribution in [3.05, 3.63) is 21.6 Å². The van der Waals surface area contributed by atoms with Crippen molar-refractivity contribution in [3.63, 3.8) is 0 Å². The van der Waals surface area contributed by atoms with Crippen molar-refractivity contribution >= 4 is 27.1 Å². The second-order valence-corrected chi connectivity index (χ2v) is 6.82. The van der Waals surface area contributed by atoms with Crippen LogP contribution in [0.4, 0.5) is 5.69 Å². The smallest absolute Gasteiger partial charge is 0.287 e. The molecule has 0 saturated carbocycles. The van der Waals surface area contributed by atoms with E-state index < -0.39 is 21.4 Å². The standard InChI is InChI=1S/C10H16ClN3O4S/c1-7(6-19(2,17)18)13-8-5-12-14(3-4-15)10(16)9(8)11/h5,7,13,15H,3-4,6H2,1-2H3. The van der Waals surface area contributed by atoms with Crippen molar-refractivity contribution in [2.45, 2.75) is 19.5 Å². The van der Waals surface area contributed by atoms with E-state index in [0.717, 1.165) is 10.9 Å². The summed E-state index contributed by atoms with van der Waals surface area (Å²) < 4.78 is 23.3. The van der Waals surface area contributed by atoms with Gasteiger partial charge in [-0.2, -0.15) is 5.10 Å². The summed E-state index contributed by atoms with van der Waals surface area (Å²) >= 11 is 5.88. The number of nitrogens with one attached hydrogen (secondary N) is 1. The average molecular weight is 310 g/mol. The summed E-state index contributed by atoms with van der Waals surface area (Å²) in [4.78, 5) is 11.7. The van der Waals surface area contributed by atoms with E-state index in [4.69, 9.17) is 16.7 Å². The minimum atomic E-state index is -3.13. The number of sulfone groups is 1. The molecule has 108 valence electrons. The summed E-state index contributed by atoms with van der Waals surface area (Å²) in [6.45, 7) is 1.49. The SMILES string of the molecule is CC(CS(C)(=O)=O)Nc1cnn(CCO)c(=O)c1Cl. The maximum absolute atomic E-state index is 11.7. The second-order valence-electron chi connectivity index (χ2n) is 4.26. The van der Waals surface area contributed by atoms with E-state index in [2.05, 4.69) is 10.4 Å². The van der Waals surface area contributed by atoms with Crippen molar-refractivity contribution in [1.29, 1.82) is 0 Å². The highest BCUT2D eigenvalue weighted by atomic mass is 35.5. The Bertz CT molecular complexity index is 599. The first-order valence-electron chi connectivity index (χ1n) is 5.55. The van der Waals surface area contributed by atoms with Crippen molar-refractivity contribution < 1.29 is 13.5 Å². The Balaban J connectivity index is 2.92. The van der Waals surface area contributed by atoms with Crippen LogP contribution in [0, 0.1) is 0 Å². The van der Waals surface area contributed by atoms with E-state index in [1.165, 1.54) is 6.20 Å². The van der Waals surface area contributed by atoms with Crippen LogP contribution in [0.15, 0.2) is 11.0 Å². The van der Waals surface area contributed by atoms with Crippen LogP contribution in [0.2, 0.25) is 5.02 Å². The van der Waals surface area contributed by atoms with Gasteiger partial charge in [0.15, 0.2) is 0 Å². The molecule has 0 aliphatic carbocycles. The maximum Gasteiger partial charge on any atom is 0.287 e. The Kier molecular flexibility index (Phi) is 5.33.